The minimum Gasteiger partial charge on any atom is -0.481 e. The van der Waals surface area contributed by atoms with Crippen LogP contribution in [0.1, 0.15) is 42.8 Å². The molecule has 1 atom stereocenters. The molecule has 0 fully saturated rings. The number of nitrogens with one attached hydrogen (secondary N) is 1. The van der Waals surface area contributed by atoms with E-state index < -0.39 is 5.97 Å². The van der Waals surface area contributed by atoms with Gasteiger partial charge < -0.3 is 14.8 Å². The predicted octanol–water partition coefficient (Wildman–Crippen LogP) is 1.83. The maximum atomic E-state index is 11.9. The van der Waals surface area contributed by atoms with E-state index in [4.69, 9.17) is 9.52 Å². The third-order valence-corrected chi connectivity index (χ3v) is 2.56. The minimum absolute atomic E-state index is 0.0679. The van der Waals surface area contributed by atoms with Crippen molar-refractivity contribution in [2.45, 2.75) is 39.2 Å². The van der Waals surface area contributed by atoms with Crippen LogP contribution in [0.4, 0.5) is 0 Å². The van der Waals surface area contributed by atoms with Gasteiger partial charge in [0.05, 0.1) is 18.2 Å². The van der Waals surface area contributed by atoms with Gasteiger partial charge in [-0.3, -0.25) is 9.59 Å². The van der Waals surface area contributed by atoms with Crippen LogP contribution in [-0.2, 0) is 11.2 Å². The second kappa shape index (κ2) is 6.08. The van der Waals surface area contributed by atoms with Crippen LogP contribution in [0.2, 0.25) is 0 Å². The van der Waals surface area contributed by atoms with Gasteiger partial charge in [0.15, 0.2) is 0 Å². The average molecular weight is 239 g/mol. The van der Waals surface area contributed by atoms with Crippen molar-refractivity contribution in [2.75, 3.05) is 0 Å². The van der Waals surface area contributed by atoms with Crippen molar-refractivity contribution in [3.05, 3.63) is 23.7 Å². The molecule has 5 nitrogen and oxygen atoms in total. The van der Waals surface area contributed by atoms with Crippen LogP contribution in [0.15, 0.2) is 16.7 Å². The number of aliphatic carboxylic acids is 1. The van der Waals surface area contributed by atoms with Crippen LogP contribution >= 0.6 is 0 Å². The molecule has 0 aliphatic rings. The smallest absolute Gasteiger partial charge is 0.305 e. The van der Waals surface area contributed by atoms with E-state index >= 15 is 0 Å². The number of furan rings is 1. The zero-order chi connectivity index (χ0) is 12.8. The summed E-state index contributed by atoms with van der Waals surface area (Å²) in [5, 5.41) is 11.4. The Morgan fingerprint density at radius 3 is 2.71 bits per heavy atom. The summed E-state index contributed by atoms with van der Waals surface area (Å²) >= 11 is 0. The van der Waals surface area contributed by atoms with Crippen LogP contribution in [0.25, 0.3) is 0 Å². The lowest BCUT2D eigenvalue weighted by Crippen LogP contribution is -2.36. The molecular formula is C12H17NO4. The fourth-order valence-corrected chi connectivity index (χ4v) is 1.59. The molecule has 5 heteroatoms. The summed E-state index contributed by atoms with van der Waals surface area (Å²) in [6.45, 7) is 3.73. The Kier molecular flexibility index (Phi) is 4.75. The van der Waals surface area contributed by atoms with E-state index in [0.29, 0.717) is 24.2 Å². The van der Waals surface area contributed by atoms with Crippen LogP contribution in [0.3, 0.4) is 0 Å². The summed E-state index contributed by atoms with van der Waals surface area (Å²) in [5.41, 5.74) is 0.483. The highest BCUT2D eigenvalue weighted by atomic mass is 16.4. The van der Waals surface area contributed by atoms with Crippen molar-refractivity contribution in [2.24, 2.45) is 0 Å². The molecule has 1 aromatic heterocycles. The molecule has 0 aromatic carbocycles. The summed E-state index contributed by atoms with van der Waals surface area (Å²) in [6.07, 6.45) is 2.61. The first-order chi connectivity index (χ1) is 8.08. The van der Waals surface area contributed by atoms with E-state index in [1.807, 2.05) is 13.8 Å². The van der Waals surface area contributed by atoms with Gasteiger partial charge >= 0.3 is 5.97 Å². The lowest BCUT2D eigenvalue weighted by Gasteiger charge is -2.14. The lowest BCUT2D eigenvalue weighted by atomic mass is 10.1. The second-order valence-corrected chi connectivity index (χ2v) is 3.79. The first-order valence-corrected chi connectivity index (χ1v) is 5.67. The monoisotopic (exact) mass is 239 g/mol. The standard InChI is InChI=1S/C12H17NO4/c1-3-8(7-11(14)15)13-12(16)9-5-6-17-10(9)4-2/h5-6,8H,3-4,7H2,1-2H3,(H,13,16)(H,14,15). The number of rotatable bonds is 6. The molecule has 1 rings (SSSR count). The fourth-order valence-electron chi connectivity index (χ4n) is 1.59. The SMILES string of the molecule is CCc1occc1C(=O)NC(CC)CC(=O)O. The lowest BCUT2D eigenvalue weighted by molar-refractivity contribution is -0.137. The number of hydrogen-bond donors (Lipinski definition) is 2. The Morgan fingerprint density at radius 1 is 1.47 bits per heavy atom. The maximum Gasteiger partial charge on any atom is 0.305 e. The fraction of sp³-hybridized carbons (Fsp3) is 0.500. The van der Waals surface area contributed by atoms with Crippen molar-refractivity contribution >= 4 is 11.9 Å². The highest BCUT2D eigenvalue weighted by molar-refractivity contribution is 5.95. The van der Waals surface area contributed by atoms with Crippen molar-refractivity contribution in [1.29, 1.82) is 0 Å². The Morgan fingerprint density at radius 2 is 2.18 bits per heavy atom. The van der Waals surface area contributed by atoms with E-state index in [1.54, 1.807) is 6.07 Å². The molecule has 0 saturated heterocycles. The number of carbonyl (C=O) groups excluding carboxylic acids is 1. The zero-order valence-corrected chi connectivity index (χ0v) is 10.0. The Hall–Kier alpha value is -1.78. The minimum atomic E-state index is -0.917. The van der Waals surface area contributed by atoms with Gasteiger partial charge in [-0.05, 0) is 12.5 Å². The van der Waals surface area contributed by atoms with Crippen LogP contribution in [-0.4, -0.2) is 23.0 Å². The van der Waals surface area contributed by atoms with E-state index in [-0.39, 0.29) is 18.4 Å². The molecule has 0 aliphatic heterocycles. The zero-order valence-electron chi connectivity index (χ0n) is 10.0. The first kappa shape index (κ1) is 13.3. The molecule has 1 amide bonds. The Labute approximate surface area is 99.8 Å². The maximum absolute atomic E-state index is 11.9. The van der Waals surface area contributed by atoms with E-state index in [2.05, 4.69) is 5.32 Å². The summed E-state index contributed by atoms with van der Waals surface area (Å²) in [6, 6.07) is 1.25. The second-order valence-electron chi connectivity index (χ2n) is 3.79. The number of hydrogen-bond acceptors (Lipinski definition) is 3. The van der Waals surface area contributed by atoms with Gasteiger partial charge in [-0.25, -0.2) is 0 Å². The summed E-state index contributed by atoms with van der Waals surface area (Å²) < 4.78 is 5.15. The number of carbonyl (C=O) groups is 2. The summed E-state index contributed by atoms with van der Waals surface area (Å²) in [7, 11) is 0. The number of carboxylic acid groups (broad SMARTS) is 1. The summed E-state index contributed by atoms with van der Waals surface area (Å²) in [5.74, 6) is -0.573. The molecule has 1 aromatic rings. The third-order valence-electron chi connectivity index (χ3n) is 2.56. The quantitative estimate of drug-likeness (QED) is 0.793. The highest BCUT2D eigenvalue weighted by Gasteiger charge is 2.18. The molecule has 0 radical (unpaired) electrons. The molecule has 0 bridgehead atoms. The molecule has 2 N–H and O–H groups in total. The van der Waals surface area contributed by atoms with Gasteiger partial charge in [-0.15, -0.1) is 0 Å². The molecule has 0 saturated carbocycles. The Bertz CT molecular complexity index is 397. The van der Waals surface area contributed by atoms with E-state index in [1.165, 1.54) is 6.26 Å². The molecule has 17 heavy (non-hydrogen) atoms. The van der Waals surface area contributed by atoms with E-state index in [9.17, 15) is 9.59 Å². The predicted molar refractivity (Wildman–Crippen MR) is 61.9 cm³/mol. The van der Waals surface area contributed by atoms with Crippen LogP contribution < -0.4 is 5.32 Å². The van der Waals surface area contributed by atoms with Gasteiger partial charge in [0.25, 0.3) is 5.91 Å². The molecule has 94 valence electrons. The van der Waals surface area contributed by atoms with Crippen molar-refractivity contribution < 1.29 is 19.1 Å². The average Bonchev–Trinajstić information content (AvgIpc) is 2.75. The highest BCUT2D eigenvalue weighted by Crippen LogP contribution is 2.12. The van der Waals surface area contributed by atoms with Gasteiger partial charge in [-0.2, -0.15) is 0 Å². The normalized spacial score (nSPS) is 12.1. The Balaban J connectivity index is 2.67. The molecule has 1 heterocycles. The molecule has 1 unspecified atom stereocenters. The summed E-state index contributed by atoms with van der Waals surface area (Å²) in [4.78, 5) is 22.5. The number of amides is 1. The van der Waals surface area contributed by atoms with Crippen LogP contribution in [0, 0.1) is 0 Å². The van der Waals surface area contributed by atoms with Gasteiger partial charge in [0, 0.05) is 12.5 Å². The largest absolute Gasteiger partial charge is 0.481 e. The van der Waals surface area contributed by atoms with Crippen molar-refractivity contribution in [3.8, 4) is 0 Å². The molecular weight excluding hydrogens is 222 g/mol. The van der Waals surface area contributed by atoms with Gasteiger partial charge in [0.1, 0.15) is 5.76 Å². The topological polar surface area (TPSA) is 79.5 Å². The van der Waals surface area contributed by atoms with Gasteiger partial charge in [0.2, 0.25) is 0 Å². The van der Waals surface area contributed by atoms with Gasteiger partial charge in [-0.1, -0.05) is 13.8 Å². The molecule has 0 spiro atoms. The first-order valence-electron chi connectivity index (χ1n) is 5.67. The van der Waals surface area contributed by atoms with Crippen molar-refractivity contribution in [3.63, 3.8) is 0 Å². The number of carboxylic acids is 1. The van der Waals surface area contributed by atoms with Crippen LogP contribution in [0.5, 0.6) is 0 Å². The van der Waals surface area contributed by atoms with Crippen molar-refractivity contribution in [1.82, 2.24) is 5.32 Å². The molecule has 0 aliphatic carbocycles. The van der Waals surface area contributed by atoms with E-state index in [0.717, 1.165) is 0 Å². The third kappa shape index (κ3) is 3.62. The number of aryl methyl sites for hydroxylation is 1.